The lowest BCUT2D eigenvalue weighted by molar-refractivity contribution is 0.0320. The van der Waals surface area contributed by atoms with Crippen LogP contribution in [0.15, 0.2) is 42.6 Å². The first kappa shape index (κ1) is 15.8. The molecule has 0 amide bonds. The van der Waals surface area contributed by atoms with Crippen LogP contribution in [0.1, 0.15) is 0 Å². The number of benzene rings is 1. The molecule has 1 aliphatic rings. The lowest BCUT2D eigenvalue weighted by Crippen LogP contribution is -2.38. The summed E-state index contributed by atoms with van der Waals surface area (Å²) in [5.41, 5.74) is 2.05. The third kappa shape index (κ3) is 4.21. The molecule has 2 heterocycles. The van der Waals surface area contributed by atoms with Crippen molar-refractivity contribution in [3.05, 3.63) is 42.6 Å². The second-order valence-electron chi connectivity index (χ2n) is 5.39. The van der Waals surface area contributed by atoms with Crippen LogP contribution in [-0.4, -0.2) is 56.4 Å². The second kappa shape index (κ2) is 7.94. The molecule has 0 atom stereocenters. The number of aromatic nitrogens is 1. The highest BCUT2D eigenvalue weighted by atomic mass is 16.5. The Labute approximate surface area is 136 Å². The fourth-order valence-electron chi connectivity index (χ4n) is 2.61. The molecule has 0 N–H and O–H groups in total. The number of hydrogen-bond acceptors (Lipinski definition) is 5. The van der Waals surface area contributed by atoms with Crippen molar-refractivity contribution in [3.63, 3.8) is 0 Å². The lowest BCUT2D eigenvalue weighted by atomic mass is 10.1. The highest BCUT2D eigenvalue weighted by Crippen LogP contribution is 2.29. The number of ether oxygens (including phenoxy) is 3. The molecule has 1 saturated heterocycles. The van der Waals surface area contributed by atoms with Crippen LogP contribution in [0.5, 0.6) is 11.6 Å². The van der Waals surface area contributed by atoms with E-state index in [-0.39, 0.29) is 0 Å². The van der Waals surface area contributed by atoms with Crippen LogP contribution in [0.2, 0.25) is 0 Å². The molecule has 122 valence electrons. The van der Waals surface area contributed by atoms with Gasteiger partial charge in [0, 0.05) is 43.0 Å². The van der Waals surface area contributed by atoms with E-state index in [4.69, 9.17) is 14.2 Å². The number of rotatable bonds is 6. The third-order valence-electron chi connectivity index (χ3n) is 3.92. The number of methoxy groups -OCH3 is 1. The molecule has 5 nitrogen and oxygen atoms in total. The van der Waals surface area contributed by atoms with E-state index < -0.39 is 0 Å². The summed E-state index contributed by atoms with van der Waals surface area (Å²) in [4.78, 5) is 6.73. The Balaban J connectivity index is 1.56. The zero-order valence-electron chi connectivity index (χ0n) is 13.4. The Bertz CT molecular complexity index is 610. The van der Waals surface area contributed by atoms with Crippen molar-refractivity contribution in [1.82, 2.24) is 9.88 Å². The molecular formula is C18H22N2O3. The van der Waals surface area contributed by atoms with Gasteiger partial charge in [-0.15, -0.1) is 0 Å². The molecule has 1 aromatic heterocycles. The summed E-state index contributed by atoms with van der Waals surface area (Å²) in [5.74, 6) is 1.49. The van der Waals surface area contributed by atoms with Gasteiger partial charge in [0.1, 0.15) is 12.4 Å². The van der Waals surface area contributed by atoms with E-state index >= 15 is 0 Å². The summed E-state index contributed by atoms with van der Waals surface area (Å²) in [6.45, 7) is 5.12. The van der Waals surface area contributed by atoms with Crippen molar-refractivity contribution in [2.75, 3.05) is 46.6 Å². The predicted molar refractivity (Wildman–Crippen MR) is 89.0 cm³/mol. The van der Waals surface area contributed by atoms with E-state index in [9.17, 15) is 0 Å². The number of para-hydroxylation sites is 1. The van der Waals surface area contributed by atoms with Gasteiger partial charge in [-0.25, -0.2) is 4.98 Å². The van der Waals surface area contributed by atoms with Crippen molar-refractivity contribution in [2.45, 2.75) is 0 Å². The van der Waals surface area contributed by atoms with Gasteiger partial charge in [0.15, 0.2) is 0 Å². The van der Waals surface area contributed by atoms with Crippen molar-refractivity contribution >= 4 is 0 Å². The van der Waals surface area contributed by atoms with Gasteiger partial charge in [-0.3, -0.25) is 4.90 Å². The Morgan fingerprint density at radius 2 is 1.96 bits per heavy atom. The molecule has 0 bridgehead atoms. The highest BCUT2D eigenvalue weighted by molar-refractivity contribution is 5.69. The van der Waals surface area contributed by atoms with Gasteiger partial charge < -0.3 is 14.2 Å². The fourth-order valence-corrected chi connectivity index (χ4v) is 2.61. The number of nitrogens with zero attached hydrogens (tertiary/aromatic N) is 2. The Hall–Kier alpha value is -2.11. The molecule has 0 radical (unpaired) electrons. The van der Waals surface area contributed by atoms with Gasteiger partial charge in [-0.1, -0.05) is 18.2 Å². The predicted octanol–water partition coefficient (Wildman–Crippen LogP) is 2.47. The zero-order chi connectivity index (χ0) is 15.9. The zero-order valence-corrected chi connectivity index (χ0v) is 13.4. The minimum atomic E-state index is 0.640. The third-order valence-corrected chi connectivity index (χ3v) is 3.92. The first-order chi connectivity index (χ1) is 11.4. The molecule has 0 aliphatic carbocycles. The van der Waals surface area contributed by atoms with Gasteiger partial charge in [0.05, 0.1) is 20.3 Å². The summed E-state index contributed by atoms with van der Waals surface area (Å²) in [7, 11) is 1.68. The van der Waals surface area contributed by atoms with Gasteiger partial charge in [-0.2, -0.15) is 0 Å². The van der Waals surface area contributed by atoms with Crippen LogP contribution in [0.3, 0.4) is 0 Å². The topological polar surface area (TPSA) is 43.8 Å². The van der Waals surface area contributed by atoms with Gasteiger partial charge in [0.2, 0.25) is 5.88 Å². The smallest absolute Gasteiger partial charge is 0.213 e. The first-order valence-corrected chi connectivity index (χ1v) is 7.89. The molecule has 23 heavy (non-hydrogen) atoms. The second-order valence-corrected chi connectivity index (χ2v) is 5.39. The molecular weight excluding hydrogens is 292 g/mol. The molecule has 5 heteroatoms. The fraction of sp³-hybridized carbons (Fsp3) is 0.389. The van der Waals surface area contributed by atoms with Gasteiger partial charge in [-0.05, 0) is 12.1 Å². The van der Waals surface area contributed by atoms with Gasteiger partial charge >= 0.3 is 0 Å². The van der Waals surface area contributed by atoms with Crippen LogP contribution < -0.4 is 9.47 Å². The average Bonchev–Trinajstić information content (AvgIpc) is 2.63. The van der Waals surface area contributed by atoms with Crippen molar-refractivity contribution in [1.29, 1.82) is 0 Å². The van der Waals surface area contributed by atoms with Crippen LogP contribution in [-0.2, 0) is 4.74 Å². The van der Waals surface area contributed by atoms with Crippen molar-refractivity contribution in [3.8, 4) is 22.8 Å². The molecule has 1 aliphatic heterocycles. The van der Waals surface area contributed by atoms with E-state index in [1.54, 1.807) is 7.11 Å². The van der Waals surface area contributed by atoms with Crippen LogP contribution in [0, 0.1) is 0 Å². The van der Waals surface area contributed by atoms with E-state index in [2.05, 4.69) is 9.88 Å². The van der Waals surface area contributed by atoms with Crippen LogP contribution in [0.25, 0.3) is 11.1 Å². The molecule has 3 rings (SSSR count). The Morgan fingerprint density at radius 3 is 2.70 bits per heavy atom. The standard InChI is InChI=1S/C18H22N2O3/c1-21-17-5-3-2-4-16(17)15-6-7-18(19-14-15)23-13-10-20-8-11-22-12-9-20/h2-7,14H,8-13H2,1H3. The summed E-state index contributed by atoms with van der Waals surface area (Å²) < 4.78 is 16.5. The maximum Gasteiger partial charge on any atom is 0.213 e. The molecule has 1 fully saturated rings. The van der Waals surface area contributed by atoms with Crippen molar-refractivity contribution in [2.24, 2.45) is 0 Å². The highest BCUT2D eigenvalue weighted by Gasteiger charge is 2.10. The lowest BCUT2D eigenvalue weighted by Gasteiger charge is -2.26. The van der Waals surface area contributed by atoms with Crippen LogP contribution >= 0.6 is 0 Å². The largest absolute Gasteiger partial charge is 0.496 e. The Morgan fingerprint density at radius 1 is 1.13 bits per heavy atom. The summed E-state index contributed by atoms with van der Waals surface area (Å²) >= 11 is 0. The number of morpholine rings is 1. The number of hydrogen-bond donors (Lipinski definition) is 0. The monoisotopic (exact) mass is 314 g/mol. The first-order valence-electron chi connectivity index (χ1n) is 7.89. The minimum absolute atomic E-state index is 0.640. The van der Waals surface area contributed by atoms with E-state index in [0.717, 1.165) is 49.7 Å². The SMILES string of the molecule is COc1ccccc1-c1ccc(OCCN2CCOCC2)nc1. The van der Waals surface area contributed by atoms with Crippen molar-refractivity contribution < 1.29 is 14.2 Å². The molecule has 2 aromatic rings. The molecule has 1 aromatic carbocycles. The van der Waals surface area contributed by atoms with Gasteiger partial charge in [0.25, 0.3) is 0 Å². The number of pyridine rings is 1. The molecule has 0 unspecified atom stereocenters. The summed E-state index contributed by atoms with van der Waals surface area (Å²) in [6.07, 6.45) is 1.82. The maximum absolute atomic E-state index is 5.73. The van der Waals surface area contributed by atoms with E-state index in [1.165, 1.54) is 0 Å². The summed E-state index contributed by atoms with van der Waals surface area (Å²) in [5, 5.41) is 0. The molecule has 0 saturated carbocycles. The average molecular weight is 314 g/mol. The van der Waals surface area contributed by atoms with E-state index in [0.29, 0.717) is 12.5 Å². The summed E-state index contributed by atoms with van der Waals surface area (Å²) in [6, 6.07) is 11.8. The van der Waals surface area contributed by atoms with Crippen LogP contribution in [0.4, 0.5) is 0 Å². The minimum Gasteiger partial charge on any atom is -0.496 e. The quantitative estimate of drug-likeness (QED) is 0.819. The normalized spacial score (nSPS) is 15.3. The molecule has 0 spiro atoms. The van der Waals surface area contributed by atoms with E-state index in [1.807, 2.05) is 42.6 Å². The maximum atomic E-state index is 5.73. The Kier molecular flexibility index (Phi) is 5.45.